The second kappa shape index (κ2) is 6.97. The molecular formula is C15H16Cl2N4OS. The number of thiophene rings is 1. The smallest absolute Gasteiger partial charge is 0.268 e. The van der Waals surface area contributed by atoms with Gasteiger partial charge >= 0.3 is 0 Å². The van der Waals surface area contributed by atoms with E-state index < -0.39 is 0 Å². The first-order valence-corrected chi connectivity index (χ1v) is 8.06. The maximum absolute atomic E-state index is 12.3. The summed E-state index contributed by atoms with van der Waals surface area (Å²) in [7, 11) is 0. The predicted octanol–water partition coefficient (Wildman–Crippen LogP) is 3.78. The van der Waals surface area contributed by atoms with E-state index in [1.165, 1.54) is 11.3 Å². The molecule has 0 saturated carbocycles. The van der Waals surface area contributed by atoms with Crippen molar-refractivity contribution >= 4 is 45.6 Å². The third-order valence-corrected chi connectivity index (χ3v) is 4.83. The molecule has 0 aliphatic heterocycles. The van der Waals surface area contributed by atoms with Crippen molar-refractivity contribution in [3.05, 3.63) is 45.7 Å². The minimum absolute atomic E-state index is 0. The summed E-state index contributed by atoms with van der Waals surface area (Å²) in [5.41, 5.74) is 7.49. The van der Waals surface area contributed by atoms with Crippen LogP contribution in [0.3, 0.4) is 0 Å². The summed E-state index contributed by atoms with van der Waals surface area (Å²) >= 11 is 7.30. The number of nitrogens with two attached hydrogens (primary N) is 1. The van der Waals surface area contributed by atoms with Crippen LogP contribution in [-0.2, 0) is 0 Å². The second-order valence-corrected chi connectivity index (χ2v) is 6.85. The number of nitrogens with zero attached hydrogens (tertiary/aromatic N) is 2. The molecule has 5 nitrogen and oxygen atoms in total. The summed E-state index contributed by atoms with van der Waals surface area (Å²) in [5, 5.41) is 0.416. The Bertz CT molecular complexity index is 891. The first kappa shape index (κ1) is 17.9. The molecule has 0 aliphatic carbocycles. The lowest BCUT2D eigenvalue weighted by molar-refractivity contribution is 0.491. The lowest BCUT2D eigenvalue weighted by atomic mass is 10.1. The molecule has 0 amide bonds. The van der Waals surface area contributed by atoms with Crippen molar-refractivity contribution in [2.75, 3.05) is 0 Å². The van der Waals surface area contributed by atoms with Crippen LogP contribution in [0.5, 0.6) is 0 Å². The lowest BCUT2D eigenvalue weighted by Gasteiger charge is -2.13. The number of H-pyrrole nitrogens is 1. The number of pyridine rings is 1. The van der Waals surface area contributed by atoms with Gasteiger partial charge in [0, 0.05) is 11.1 Å². The number of halogens is 2. The quantitative estimate of drug-likeness (QED) is 0.687. The Morgan fingerprint density at radius 3 is 2.74 bits per heavy atom. The summed E-state index contributed by atoms with van der Waals surface area (Å²) in [4.78, 5) is 24.4. The van der Waals surface area contributed by atoms with Crippen LogP contribution in [0.15, 0.2) is 29.2 Å². The van der Waals surface area contributed by atoms with Gasteiger partial charge in [-0.25, -0.2) is 9.97 Å². The number of aromatic amines is 1. The van der Waals surface area contributed by atoms with Gasteiger partial charge in [0.2, 0.25) is 0 Å². The topological polar surface area (TPSA) is 84.7 Å². The van der Waals surface area contributed by atoms with Gasteiger partial charge in [0.05, 0.1) is 11.6 Å². The first-order chi connectivity index (χ1) is 10.5. The zero-order valence-electron chi connectivity index (χ0n) is 12.5. The maximum atomic E-state index is 12.3. The minimum atomic E-state index is -0.296. The minimum Gasteiger partial charge on any atom is -0.321 e. The van der Waals surface area contributed by atoms with Crippen LogP contribution in [0.2, 0.25) is 5.15 Å². The third kappa shape index (κ3) is 3.55. The molecule has 0 saturated heterocycles. The van der Waals surface area contributed by atoms with E-state index in [0.29, 0.717) is 21.2 Å². The van der Waals surface area contributed by atoms with Gasteiger partial charge in [-0.05, 0) is 29.7 Å². The summed E-state index contributed by atoms with van der Waals surface area (Å²) in [6.07, 6.45) is 1.64. The van der Waals surface area contributed by atoms with Crippen LogP contribution in [0.4, 0.5) is 0 Å². The highest BCUT2D eigenvalue weighted by Gasteiger charge is 2.16. The summed E-state index contributed by atoms with van der Waals surface area (Å²) in [6, 6.07) is 5.21. The highest BCUT2D eigenvalue weighted by Crippen LogP contribution is 2.32. The van der Waals surface area contributed by atoms with Gasteiger partial charge in [0.15, 0.2) is 0 Å². The summed E-state index contributed by atoms with van der Waals surface area (Å²) in [5.74, 6) is 0.710. The highest BCUT2D eigenvalue weighted by atomic mass is 35.5. The molecule has 1 unspecified atom stereocenters. The molecule has 3 rings (SSSR count). The van der Waals surface area contributed by atoms with Crippen LogP contribution in [-0.4, -0.2) is 15.0 Å². The largest absolute Gasteiger partial charge is 0.321 e. The van der Waals surface area contributed by atoms with Crippen molar-refractivity contribution in [1.29, 1.82) is 0 Å². The Morgan fingerprint density at radius 1 is 1.35 bits per heavy atom. The van der Waals surface area contributed by atoms with Crippen molar-refractivity contribution < 1.29 is 0 Å². The molecule has 122 valence electrons. The monoisotopic (exact) mass is 370 g/mol. The van der Waals surface area contributed by atoms with Crippen LogP contribution < -0.4 is 11.3 Å². The van der Waals surface area contributed by atoms with Crippen LogP contribution in [0, 0.1) is 5.92 Å². The Hall–Kier alpha value is -1.47. The third-order valence-electron chi connectivity index (χ3n) is 3.45. The van der Waals surface area contributed by atoms with E-state index in [0.717, 1.165) is 10.4 Å². The average Bonchev–Trinajstić information content (AvgIpc) is 2.91. The van der Waals surface area contributed by atoms with Gasteiger partial charge in [-0.3, -0.25) is 4.79 Å². The van der Waals surface area contributed by atoms with Gasteiger partial charge in [-0.1, -0.05) is 25.4 Å². The standard InChI is InChI=1S/C15H15ClN4OS.ClH/c1-7(2)12(17)14-19-9-6-10(22-13(9)15(21)20-14)8-3-4-18-11(16)5-8;/h3-7,12H,17H2,1-2H3,(H,19,20,21);1H. The molecule has 0 radical (unpaired) electrons. The van der Waals surface area contributed by atoms with Crippen LogP contribution in [0.1, 0.15) is 25.7 Å². The fourth-order valence-electron chi connectivity index (χ4n) is 2.13. The van der Waals surface area contributed by atoms with E-state index in [9.17, 15) is 4.79 Å². The average molecular weight is 371 g/mol. The number of hydrogen-bond acceptors (Lipinski definition) is 5. The fourth-order valence-corrected chi connectivity index (χ4v) is 3.29. The molecule has 0 aromatic carbocycles. The van der Waals surface area contributed by atoms with E-state index in [4.69, 9.17) is 17.3 Å². The summed E-state index contributed by atoms with van der Waals surface area (Å²) < 4.78 is 0.586. The molecule has 8 heteroatoms. The van der Waals surface area contributed by atoms with E-state index >= 15 is 0 Å². The zero-order valence-corrected chi connectivity index (χ0v) is 14.9. The van der Waals surface area contributed by atoms with Gasteiger partial charge in [0.25, 0.3) is 5.56 Å². The van der Waals surface area contributed by atoms with Gasteiger partial charge in [0.1, 0.15) is 15.7 Å². The fraction of sp³-hybridized carbons (Fsp3) is 0.267. The molecule has 23 heavy (non-hydrogen) atoms. The molecule has 1 atom stereocenters. The van der Waals surface area contributed by atoms with Crippen molar-refractivity contribution in [2.45, 2.75) is 19.9 Å². The number of hydrogen-bond donors (Lipinski definition) is 2. The first-order valence-electron chi connectivity index (χ1n) is 6.87. The zero-order chi connectivity index (χ0) is 15.9. The molecule has 0 aliphatic rings. The Morgan fingerprint density at radius 2 is 2.09 bits per heavy atom. The highest BCUT2D eigenvalue weighted by molar-refractivity contribution is 7.22. The number of rotatable bonds is 3. The molecule has 0 bridgehead atoms. The van der Waals surface area contributed by atoms with Crippen molar-refractivity contribution in [2.24, 2.45) is 11.7 Å². The normalized spacial score (nSPS) is 12.4. The SMILES string of the molecule is CC(C)C(N)c1nc2cc(-c3ccnc(Cl)c3)sc2c(=O)[nH]1.Cl. The van der Waals surface area contributed by atoms with Crippen molar-refractivity contribution in [3.8, 4) is 10.4 Å². The van der Waals surface area contributed by atoms with Crippen molar-refractivity contribution in [1.82, 2.24) is 15.0 Å². The van der Waals surface area contributed by atoms with E-state index in [1.54, 1.807) is 12.3 Å². The molecule has 3 aromatic rings. The molecule has 3 heterocycles. The van der Waals surface area contributed by atoms with Crippen LogP contribution >= 0.6 is 35.3 Å². The molecular weight excluding hydrogens is 355 g/mol. The van der Waals surface area contributed by atoms with E-state index in [-0.39, 0.29) is 29.9 Å². The van der Waals surface area contributed by atoms with Crippen molar-refractivity contribution in [3.63, 3.8) is 0 Å². The van der Waals surface area contributed by atoms with Gasteiger partial charge in [-0.15, -0.1) is 23.7 Å². The Balaban J connectivity index is 0.00000192. The molecule has 0 spiro atoms. The molecule has 3 aromatic heterocycles. The number of nitrogens with one attached hydrogen (secondary N) is 1. The second-order valence-electron chi connectivity index (χ2n) is 5.41. The lowest BCUT2D eigenvalue weighted by Crippen LogP contribution is -2.23. The Labute approximate surface area is 148 Å². The van der Waals surface area contributed by atoms with E-state index in [1.807, 2.05) is 26.0 Å². The number of aromatic nitrogens is 3. The summed E-state index contributed by atoms with van der Waals surface area (Å²) in [6.45, 7) is 3.99. The molecule has 0 fully saturated rings. The Kier molecular flexibility index (Phi) is 5.41. The predicted molar refractivity (Wildman–Crippen MR) is 97.5 cm³/mol. The molecule has 3 N–H and O–H groups in total. The van der Waals surface area contributed by atoms with Gasteiger partial charge in [-0.2, -0.15) is 0 Å². The van der Waals surface area contributed by atoms with E-state index in [2.05, 4.69) is 15.0 Å². The van der Waals surface area contributed by atoms with Crippen LogP contribution in [0.25, 0.3) is 20.7 Å². The van der Waals surface area contributed by atoms with Gasteiger partial charge < -0.3 is 10.7 Å². The maximum Gasteiger partial charge on any atom is 0.268 e. The number of fused-ring (bicyclic) bond motifs is 1.